The first-order chi connectivity index (χ1) is 20.0. The molecule has 0 atom stereocenters. The molecule has 0 radical (unpaired) electrons. The zero-order valence-corrected chi connectivity index (χ0v) is 23.3. The molecule has 2 heteroatoms. The Morgan fingerprint density at radius 3 is 1.05 bits per heavy atom. The van der Waals surface area contributed by atoms with Crippen LogP contribution >= 0.6 is 0 Å². The smallest absolute Gasteiger partial charge is 0.132 e. The van der Waals surface area contributed by atoms with Crippen molar-refractivity contribution in [2.24, 2.45) is 0 Å². The lowest BCUT2D eigenvalue weighted by molar-refractivity contribution is 0.474. The van der Waals surface area contributed by atoms with Gasteiger partial charge in [0.1, 0.15) is 11.5 Å². The Morgan fingerprint density at radius 2 is 0.707 bits per heavy atom. The molecule has 0 aliphatic carbocycles. The number of benzene rings is 6. The molecule has 6 rings (SSSR count). The summed E-state index contributed by atoms with van der Waals surface area (Å²) in [4.78, 5) is 0. The van der Waals surface area contributed by atoms with Crippen LogP contribution in [0.15, 0.2) is 146 Å². The molecule has 2 N–H and O–H groups in total. The number of hydrogen-bond acceptors (Lipinski definition) is 2. The fourth-order valence-electron chi connectivity index (χ4n) is 5.94. The Hall–Kier alpha value is -5.08. The van der Waals surface area contributed by atoms with E-state index in [-0.39, 0.29) is 11.5 Å². The molecule has 0 aromatic heterocycles. The van der Waals surface area contributed by atoms with E-state index in [1.165, 1.54) is 0 Å². The van der Waals surface area contributed by atoms with Gasteiger partial charge in [-0.3, -0.25) is 0 Å². The number of aromatic hydroxyl groups is 2. The summed E-state index contributed by atoms with van der Waals surface area (Å²) in [7, 11) is 0. The van der Waals surface area contributed by atoms with E-state index >= 15 is 0 Å². The lowest BCUT2D eigenvalue weighted by Crippen LogP contribution is -2.22. The first-order valence-electron chi connectivity index (χ1n) is 13.9. The largest absolute Gasteiger partial charge is 0.508 e. The average Bonchev–Trinajstić information content (AvgIpc) is 3.02. The predicted octanol–water partition coefficient (Wildman–Crippen LogP) is 10.1. The second-order valence-electron chi connectivity index (χ2n) is 10.9. The minimum atomic E-state index is -0.523. The molecule has 6 aromatic rings. The number of rotatable bonds is 6. The van der Waals surface area contributed by atoms with Crippen molar-refractivity contribution < 1.29 is 10.2 Å². The molecule has 0 saturated heterocycles. The number of hydrogen-bond donors (Lipinski definition) is 2. The highest BCUT2D eigenvalue weighted by Crippen LogP contribution is 2.56. The lowest BCUT2D eigenvalue weighted by atomic mass is 9.68. The van der Waals surface area contributed by atoms with Gasteiger partial charge in [0.15, 0.2) is 0 Å². The van der Waals surface area contributed by atoms with Crippen molar-refractivity contribution in [2.45, 2.75) is 19.3 Å². The van der Waals surface area contributed by atoms with Gasteiger partial charge in [0.05, 0.1) is 0 Å². The molecule has 0 fully saturated rings. The maximum atomic E-state index is 12.4. The second-order valence-corrected chi connectivity index (χ2v) is 10.9. The molecule has 0 spiro atoms. The predicted molar refractivity (Wildman–Crippen MR) is 170 cm³/mol. The summed E-state index contributed by atoms with van der Waals surface area (Å²) >= 11 is 0. The van der Waals surface area contributed by atoms with Crippen LogP contribution in [0, 0.1) is 0 Å². The van der Waals surface area contributed by atoms with Gasteiger partial charge < -0.3 is 10.2 Å². The molecule has 0 heterocycles. The van der Waals surface area contributed by atoms with E-state index in [0.29, 0.717) is 0 Å². The topological polar surface area (TPSA) is 40.5 Å². The second kappa shape index (κ2) is 10.8. The Morgan fingerprint density at radius 1 is 0.390 bits per heavy atom. The lowest BCUT2D eigenvalue weighted by Gasteiger charge is -2.35. The van der Waals surface area contributed by atoms with Crippen LogP contribution in [-0.4, -0.2) is 10.2 Å². The van der Waals surface area contributed by atoms with Crippen LogP contribution in [0.3, 0.4) is 0 Å². The van der Waals surface area contributed by atoms with Crippen LogP contribution in [0.4, 0.5) is 0 Å². The molecule has 0 saturated carbocycles. The minimum Gasteiger partial charge on any atom is -0.508 e. The summed E-state index contributed by atoms with van der Waals surface area (Å²) in [5.74, 6) is 0.488. The average molecular weight is 533 g/mol. The highest BCUT2D eigenvalue weighted by molar-refractivity contribution is 6.04. The van der Waals surface area contributed by atoms with Gasteiger partial charge in [-0.2, -0.15) is 0 Å². The van der Waals surface area contributed by atoms with Gasteiger partial charge in [-0.15, -0.1) is 0 Å². The third kappa shape index (κ3) is 4.79. The van der Waals surface area contributed by atoms with Crippen molar-refractivity contribution in [1.82, 2.24) is 0 Å². The highest BCUT2D eigenvalue weighted by Gasteiger charge is 2.35. The monoisotopic (exact) mass is 532 g/mol. The standard InChI is InChI=1S/C39H32O2/c1-39(2,31-23-25-32(40)26-24-31)37-33(27-15-7-3-8-16-27)35(29-19-11-5-12-20-29)38(41)36(30-21-13-6-14-22-30)34(37)28-17-9-4-10-18-28/h3-26,40-41H,1-2H3. The van der Waals surface area contributed by atoms with Gasteiger partial charge in [-0.25, -0.2) is 0 Å². The Kier molecular flexibility index (Phi) is 6.91. The molecule has 0 unspecified atom stereocenters. The van der Waals surface area contributed by atoms with Gasteiger partial charge in [0.2, 0.25) is 0 Å². The summed E-state index contributed by atoms with van der Waals surface area (Å²) in [6, 6.07) is 48.5. The maximum Gasteiger partial charge on any atom is 0.132 e. The normalized spacial score (nSPS) is 11.4. The van der Waals surface area contributed by atoms with Gasteiger partial charge in [-0.1, -0.05) is 147 Å². The van der Waals surface area contributed by atoms with Crippen LogP contribution in [0.2, 0.25) is 0 Å². The van der Waals surface area contributed by atoms with Crippen molar-refractivity contribution >= 4 is 0 Å². The van der Waals surface area contributed by atoms with Gasteiger partial charge in [0, 0.05) is 16.5 Å². The molecule has 41 heavy (non-hydrogen) atoms. The van der Waals surface area contributed by atoms with E-state index in [4.69, 9.17) is 0 Å². The summed E-state index contributed by atoms with van der Waals surface area (Å²) in [5, 5.41) is 22.6. The van der Waals surface area contributed by atoms with Crippen molar-refractivity contribution in [3.63, 3.8) is 0 Å². The minimum absolute atomic E-state index is 0.233. The molecule has 0 aliphatic heterocycles. The van der Waals surface area contributed by atoms with E-state index in [9.17, 15) is 10.2 Å². The molecule has 0 amide bonds. The summed E-state index contributed by atoms with van der Waals surface area (Å²) < 4.78 is 0. The third-order valence-corrected chi connectivity index (χ3v) is 7.94. The first-order valence-corrected chi connectivity index (χ1v) is 13.9. The SMILES string of the molecule is CC(C)(c1ccc(O)cc1)c1c(-c2ccccc2)c(-c2ccccc2)c(O)c(-c2ccccc2)c1-c1ccccc1. The van der Waals surface area contributed by atoms with Crippen LogP contribution in [-0.2, 0) is 5.41 Å². The van der Waals surface area contributed by atoms with Crippen LogP contribution in [0.5, 0.6) is 11.5 Å². The third-order valence-electron chi connectivity index (χ3n) is 7.94. The van der Waals surface area contributed by atoms with E-state index in [0.717, 1.165) is 55.6 Å². The molecular formula is C39H32O2. The summed E-state index contributed by atoms with van der Waals surface area (Å²) in [6.07, 6.45) is 0. The van der Waals surface area contributed by atoms with Gasteiger partial charge in [0.25, 0.3) is 0 Å². The van der Waals surface area contributed by atoms with E-state index in [1.54, 1.807) is 12.1 Å². The van der Waals surface area contributed by atoms with Crippen LogP contribution < -0.4 is 0 Å². The number of phenols is 2. The van der Waals surface area contributed by atoms with Crippen molar-refractivity contribution in [3.8, 4) is 56.0 Å². The molecular weight excluding hydrogens is 500 g/mol. The van der Waals surface area contributed by atoms with E-state index < -0.39 is 5.41 Å². The van der Waals surface area contributed by atoms with Gasteiger partial charge in [-0.05, 0) is 56.6 Å². The Bertz CT molecular complexity index is 1670. The molecule has 2 nitrogen and oxygen atoms in total. The number of phenolic OH excluding ortho intramolecular Hbond substituents is 2. The molecule has 200 valence electrons. The molecule has 6 aromatic carbocycles. The van der Waals surface area contributed by atoms with Gasteiger partial charge >= 0.3 is 0 Å². The fourth-order valence-corrected chi connectivity index (χ4v) is 5.94. The summed E-state index contributed by atoms with van der Waals surface area (Å²) in [5.41, 5.74) is 9.19. The molecule has 0 bridgehead atoms. The Balaban J connectivity index is 1.88. The fraction of sp³-hybridized carbons (Fsp3) is 0.0769. The van der Waals surface area contributed by atoms with E-state index in [1.807, 2.05) is 84.9 Å². The van der Waals surface area contributed by atoms with E-state index in [2.05, 4.69) is 62.4 Å². The van der Waals surface area contributed by atoms with Crippen LogP contribution in [0.1, 0.15) is 25.0 Å². The zero-order chi connectivity index (χ0) is 28.4. The maximum absolute atomic E-state index is 12.4. The van der Waals surface area contributed by atoms with Crippen molar-refractivity contribution in [2.75, 3.05) is 0 Å². The molecule has 0 aliphatic rings. The quantitative estimate of drug-likeness (QED) is 0.224. The summed E-state index contributed by atoms with van der Waals surface area (Å²) in [6.45, 7) is 4.46. The van der Waals surface area contributed by atoms with Crippen molar-refractivity contribution in [3.05, 3.63) is 157 Å². The Labute approximate surface area is 241 Å². The highest BCUT2D eigenvalue weighted by atomic mass is 16.3. The first kappa shape index (κ1) is 26.2. The van der Waals surface area contributed by atoms with Crippen LogP contribution in [0.25, 0.3) is 44.5 Å². The zero-order valence-electron chi connectivity index (χ0n) is 23.3. The van der Waals surface area contributed by atoms with Crippen molar-refractivity contribution in [1.29, 1.82) is 0 Å².